The molecule has 0 saturated heterocycles. The number of hydrogen-bond acceptors (Lipinski definition) is 4. The Kier molecular flexibility index (Phi) is 5.97. The van der Waals surface area contributed by atoms with Gasteiger partial charge in [-0.3, -0.25) is 0 Å². The third-order valence-corrected chi connectivity index (χ3v) is 3.98. The number of nitrogens with zero attached hydrogens (tertiary/aromatic N) is 1. The largest absolute Gasteiger partial charge is 0.496 e. The van der Waals surface area contributed by atoms with Crippen molar-refractivity contribution in [2.45, 2.75) is 39.0 Å². The van der Waals surface area contributed by atoms with Gasteiger partial charge in [0.1, 0.15) is 22.7 Å². The van der Waals surface area contributed by atoms with Crippen LogP contribution in [0.15, 0.2) is 18.2 Å². The Morgan fingerprint density at radius 1 is 1.07 bits per heavy atom. The van der Waals surface area contributed by atoms with Crippen LogP contribution in [0.3, 0.4) is 0 Å². The number of hydrogen-bond donors (Lipinski definition) is 0. The van der Waals surface area contributed by atoms with Crippen LogP contribution in [-0.4, -0.2) is 43.9 Å². The molecule has 150 valence electrons. The normalized spacial score (nSPS) is 15.3. The second-order valence-corrected chi connectivity index (χ2v) is 7.17. The van der Waals surface area contributed by atoms with Gasteiger partial charge in [-0.2, -0.15) is 13.2 Å². The Hall–Kier alpha value is -2.38. The van der Waals surface area contributed by atoms with Crippen molar-refractivity contribution in [2.75, 3.05) is 27.3 Å². The van der Waals surface area contributed by atoms with Crippen LogP contribution in [-0.2, 0) is 10.9 Å². The van der Waals surface area contributed by atoms with E-state index in [-0.39, 0.29) is 18.0 Å². The Bertz CT molecular complexity index is 736. The van der Waals surface area contributed by atoms with Crippen LogP contribution >= 0.6 is 0 Å². The molecule has 1 aromatic rings. The molecule has 0 radical (unpaired) electrons. The number of benzene rings is 1. The number of halogens is 3. The highest BCUT2D eigenvalue weighted by Gasteiger charge is 2.36. The van der Waals surface area contributed by atoms with Gasteiger partial charge in [0.05, 0.1) is 14.2 Å². The number of ether oxygens (including phenoxy) is 3. The maximum absolute atomic E-state index is 13.2. The predicted molar refractivity (Wildman–Crippen MR) is 94.9 cm³/mol. The van der Waals surface area contributed by atoms with Gasteiger partial charge in [-0.25, -0.2) is 4.79 Å². The first-order valence-electron chi connectivity index (χ1n) is 8.47. The first kappa shape index (κ1) is 20.9. The zero-order valence-corrected chi connectivity index (χ0v) is 16.1. The topological polar surface area (TPSA) is 48.0 Å². The molecule has 0 atom stereocenters. The summed E-state index contributed by atoms with van der Waals surface area (Å²) in [6, 6.07) is 2.22. The third kappa shape index (κ3) is 5.08. The highest BCUT2D eigenvalue weighted by molar-refractivity contribution is 5.78. The van der Waals surface area contributed by atoms with E-state index in [4.69, 9.17) is 14.2 Å². The van der Waals surface area contributed by atoms with E-state index in [1.54, 1.807) is 20.8 Å². The minimum absolute atomic E-state index is 0.0698. The van der Waals surface area contributed by atoms with Crippen molar-refractivity contribution < 1.29 is 32.2 Å². The first-order chi connectivity index (χ1) is 12.5. The van der Waals surface area contributed by atoms with Gasteiger partial charge in [0.25, 0.3) is 0 Å². The lowest BCUT2D eigenvalue weighted by atomic mass is 9.98. The molecule has 1 amide bonds. The fourth-order valence-electron chi connectivity index (χ4n) is 2.79. The first-order valence-corrected chi connectivity index (χ1v) is 8.47. The molecule has 0 unspecified atom stereocenters. The van der Waals surface area contributed by atoms with Crippen LogP contribution < -0.4 is 9.47 Å². The van der Waals surface area contributed by atoms with Gasteiger partial charge in [0.15, 0.2) is 0 Å². The molecular weight excluding hydrogens is 363 g/mol. The Labute approximate surface area is 156 Å². The zero-order valence-electron chi connectivity index (χ0n) is 16.1. The Morgan fingerprint density at radius 3 is 2.22 bits per heavy atom. The second kappa shape index (κ2) is 7.70. The molecular formula is C19H24F3NO4. The van der Waals surface area contributed by atoms with Crippen LogP contribution in [0, 0.1) is 0 Å². The minimum atomic E-state index is -4.57. The number of amides is 1. The van der Waals surface area contributed by atoms with Crippen molar-refractivity contribution >= 4 is 11.7 Å². The molecule has 27 heavy (non-hydrogen) atoms. The quantitative estimate of drug-likeness (QED) is 0.751. The van der Waals surface area contributed by atoms with Gasteiger partial charge in [0.2, 0.25) is 0 Å². The van der Waals surface area contributed by atoms with E-state index in [1.807, 2.05) is 6.08 Å². The summed E-state index contributed by atoms with van der Waals surface area (Å²) in [5.41, 5.74) is -0.411. The van der Waals surface area contributed by atoms with Gasteiger partial charge in [-0.05, 0) is 44.9 Å². The maximum atomic E-state index is 13.2. The highest BCUT2D eigenvalue weighted by Crippen LogP contribution is 2.42. The van der Waals surface area contributed by atoms with Crippen LogP contribution in [0.2, 0.25) is 0 Å². The molecule has 2 rings (SSSR count). The molecule has 5 nitrogen and oxygen atoms in total. The van der Waals surface area contributed by atoms with E-state index >= 15 is 0 Å². The van der Waals surface area contributed by atoms with E-state index < -0.39 is 23.4 Å². The number of methoxy groups -OCH3 is 2. The summed E-state index contributed by atoms with van der Waals surface area (Å²) in [4.78, 5) is 13.8. The molecule has 0 spiro atoms. The van der Waals surface area contributed by atoms with Crippen molar-refractivity contribution in [3.63, 3.8) is 0 Å². The lowest BCUT2D eigenvalue weighted by molar-refractivity contribution is -0.138. The average molecular weight is 387 g/mol. The van der Waals surface area contributed by atoms with Gasteiger partial charge in [-0.1, -0.05) is 6.08 Å². The Morgan fingerprint density at radius 2 is 1.70 bits per heavy atom. The van der Waals surface area contributed by atoms with Crippen molar-refractivity contribution in [3.8, 4) is 11.5 Å². The molecule has 1 aliphatic heterocycles. The molecule has 0 aliphatic carbocycles. The molecule has 1 aromatic carbocycles. The summed E-state index contributed by atoms with van der Waals surface area (Å²) in [5.74, 6) is -0.228. The van der Waals surface area contributed by atoms with Crippen molar-refractivity contribution in [3.05, 3.63) is 29.3 Å². The predicted octanol–water partition coefficient (Wildman–Crippen LogP) is 4.75. The fraction of sp³-hybridized carbons (Fsp3) is 0.526. The smallest absolute Gasteiger partial charge is 0.420 e. The standard InChI is InChI=1S/C19H24F3NO4/c1-18(2,3)27-17(24)23-8-6-7-12(11-23)13-9-16(26-5)14(19(20,21)22)10-15(13)25-4/h7,9-10H,6,8,11H2,1-5H3. The molecule has 8 heteroatoms. The summed E-state index contributed by atoms with van der Waals surface area (Å²) < 4.78 is 55.2. The zero-order chi connectivity index (χ0) is 20.4. The third-order valence-electron chi connectivity index (χ3n) is 3.98. The Balaban J connectivity index is 2.37. The molecule has 1 heterocycles. The van der Waals surface area contributed by atoms with Gasteiger partial charge in [0, 0.05) is 18.7 Å². The van der Waals surface area contributed by atoms with Gasteiger partial charge < -0.3 is 19.1 Å². The lowest BCUT2D eigenvalue weighted by Gasteiger charge is -2.31. The van der Waals surface area contributed by atoms with Crippen LogP contribution in [0.5, 0.6) is 11.5 Å². The molecule has 0 N–H and O–H groups in total. The summed E-state index contributed by atoms with van der Waals surface area (Å²) in [6.45, 7) is 6.00. The number of carbonyl (C=O) groups is 1. The summed E-state index contributed by atoms with van der Waals surface area (Å²) in [7, 11) is 2.49. The number of rotatable bonds is 3. The highest BCUT2D eigenvalue weighted by atomic mass is 19.4. The van der Waals surface area contributed by atoms with Crippen molar-refractivity contribution in [1.29, 1.82) is 0 Å². The summed E-state index contributed by atoms with van der Waals surface area (Å²) in [5, 5.41) is 0. The van der Waals surface area contributed by atoms with E-state index in [1.165, 1.54) is 25.2 Å². The van der Waals surface area contributed by atoms with Crippen molar-refractivity contribution in [2.24, 2.45) is 0 Å². The molecule has 0 bridgehead atoms. The molecule has 0 saturated carbocycles. The van der Waals surface area contributed by atoms with E-state index in [0.29, 0.717) is 24.1 Å². The molecule has 0 aromatic heterocycles. The van der Waals surface area contributed by atoms with Crippen LogP contribution in [0.25, 0.3) is 5.57 Å². The SMILES string of the molecule is COc1cc(C(F)(F)F)c(OC)cc1C1=CCCN(C(=O)OC(C)(C)C)C1. The number of alkyl halides is 3. The van der Waals surface area contributed by atoms with Gasteiger partial charge >= 0.3 is 12.3 Å². The molecule has 0 fully saturated rings. The maximum Gasteiger partial charge on any atom is 0.420 e. The van der Waals surface area contributed by atoms with Crippen molar-refractivity contribution in [1.82, 2.24) is 4.90 Å². The second-order valence-electron chi connectivity index (χ2n) is 7.17. The minimum Gasteiger partial charge on any atom is -0.496 e. The average Bonchev–Trinajstić information content (AvgIpc) is 2.58. The molecule has 1 aliphatic rings. The van der Waals surface area contributed by atoms with E-state index in [9.17, 15) is 18.0 Å². The van der Waals surface area contributed by atoms with Crippen LogP contribution in [0.1, 0.15) is 38.3 Å². The fourth-order valence-corrected chi connectivity index (χ4v) is 2.79. The van der Waals surface area contributed by atoms with Crippen LogP contribution in [0.4, 0.5) is 18.0 Å². The van der Waals surface area contributed by atoms with E-state index in [2.05, 4.69) is 0 Å². The van der Waals surface area contributed by atoms with E-state index in [0.717, 1.165) is 6.07 Å². The lowest BCUT2D eigenvalue weighted by Crippen LogP contribution is -2.39. The van der Waals surface area contributed by atoms with Gasteiger partial charge in [-0.15, -0.1) is 0 Å². The number of carbonyl (C=O) groups excluding carboxylic acids is 1. The monoisotopic (exact) mass is 387 g/mol. The summed E-state index contributed by atoms with van der Waals surface area (Å²) >= 11 is 0. The summed E-state index contributed by atoms with van der Waals surface area (Å²) in [6.07, 6.45) is -2.60.